The predicted molar refractivity (Wildman–Crippen MR) is 165 cm³/mol. The van der Waals surface area contributed by atoms with Crippen molar-refractivity contribution in [2.24, 2.45) is 24.3 Å². The van der Waals surface area contributed by atoms with Gasteiger partial charge in [0.15, 0.2) is 11.6 Å². The molecule has 0 radical (unpaired) electrons. The number of aliphatic hydroxyl groups is 1. The molecule has 2 atom stereocenters. The number of halogens is 8. The maximum absolute atomic E-state index is 14.4. The van der Waals surface area contributed by atoms with Crippen molar-refractivity contribution in [2.75, 3.05) is 29.5 Å². The molecular weight excluding hydrogens is 662 g/mol. The van der Waals surface area contributed by atoms with Crippen molar-refractivity contribution in [1.29, 1.82) is 0 Å². The van der Waals surface area contributed by atoms with Crippen LogP contribution in [0.2, 0.25) is 0 Å². The maximum atomic E-state index is 14.4. The summed E-state index contributed by atoms with van der Waals surface area (Å²) in [5, 5.41) is 22.0. The number of anilines is 2. The molecule has 266 valence electrons. The lowest BCUT2D eigenvalue weighted by Crippen LogP contribution is -2.40. The highest BCUT2D eigenvalue weighted by Gasteiger charge is 2.53. The number of pyridine rings is 1. The third-order valence-corrected chi connectivity index (χ3v) is 10.1. The highest BCUT2D eigenvalue weighted by Crippen LogP contribution is 2.49. The number of aromatic nitrogens is 5. The minimum Gasteiger partial charge on any atom is -0.396 e. The van der Waals surface area contributed by atoms with Crippen LogP contribution >= 0.6 is 0 Å². The SMILES string of the molecule is Cn1nnc(N(CC2=CC(C(F)(F)F)=CC(C)(C(F)(F)F)C2)Cc2cc3cc(F)c(F)cc3nc2N2CCC[C@@H]2[C@H]2CC[C@H](CO)CC2)n1. The van der Waals surface area contributed by atoms with Crippen LogP contribution in [0.5, 0.6) is 0 Å². The number of hydrogen-bond acceptors (Lipinski definition) is 7. The Balaban J connectivity index is 1.41. The van der Waals surface area contributed by atoms with Gasteiger partial charge < -0.3 is 14.9 Å². The first-order valence-corrected chi connectivity index (χ1v) is 16.3. The van der Waals surface area contributed by atoms with Gasteiger partial charge in [-0.2, -0.15) is 31.1 Å². The Kier molecular flexibility index (Phi) is 9.39. The third kappa shape index (κ3) is 7.24. The van der Waals surface area contributed by atoms with Crippen LogP contribution in [0.15, 0.2) is 41.5 Å². The van der Waals surface area contributed by atoms with Gasteiger partial charge in [0.1, 0.15) is 5.82 Å². The van der Waals surface area contributed by atoms with E-state index in [0.29, 0.717) is 23.8 Å². The second-order valence-electron chi connectivity index (χ2n) is 13.7. The average Bonchev–Trinajstić information content (AvgIpc) is 3.70. The van der Waals surface area contributed by atoms with Gasteiger partial charge in [-0.1, -0.05) is 11.2 Å². The zero-order valence-corrected chi connectivity index (χ0v) is 27.0. The maximum Gasteiger partial charge on any atom is 0.416 e. The van der Waals surface area contributed by atoms with E-state index in [2.05, 4.69) is 20.3 Å². The molecule has 49 heavy (non-hydrogen) atoms. The summed E-state index contributed by atoms with van der Waals surface area (Å²) in [4.78, 5) is 9.49. The van der Waals surface area contributed by atoms with Gasteiger partial charge in [0.2, 0.25) is 0 Å². The smallest absolute Gasteiger partial charge is 0.396 e. The van der Waals surface area contributed by atoms with E-state index < -0.39 is 47.9 Å². The molecule has 1 aromatic carbocycles. The number of aryl methyl sites for hydroxylation is 1. The molecule has 1 saturated heterocycles. The highest BCUT2D eigenvalue weighted by atomic mass is 19.4. The van der Waals surface area contributed by atoms with E-state index in [0.717, 1.165) is 68.5 Å². The number of allylic oxidation sites excluding steroid dienone is 3. The summed E-state index contributed by atoms with van der Waals surface area (Å²) in [7, 11) is 1.47. The van der Waals surface area contributed by atoms with Gasteiger partial charge in [-0.15, -0.1) is 5.10 Å². The molecule has 0 amide bonds. The fraction of sp³-hybridized carbons (Fsp3) is 0.576. The molecule has 3 aromatic rings. The number of rotatable bonds is 8. The molecule has 3 heterocycles. The largest absolute Gasteiger partial charge is 0.416 e. The minimum absolute atomic E-state index is 0.0446. The van der Waals surface area contributed by atoms with Gasteiger partial charge >= 0.3 is 12.4 Å². The highest BCUT2D eigenvalue weighted by molar-refractivity contribution is 5.82. The van der Waals surface area contributed by atoms with Crippen molar-refractivity contribution in [3.63, 3.8) is 0 Å². The first kappa shape index (κ1) is 35.0. The van der Waals surface area contributed by atoms with Crippen molar-refractivity contribution in [1.82, 2.24) is 25.2 Å². The number of aliphatic hydroxyl groups excluding tert-OH is 1. The van der Waals surface area contributed by atoms with E-state index in [9.17, 15) is 40.2 Å². The van der Waals surface area contributed by atoms with Crippen LogP contribution in [0.1, 0.15) is 57.4 Å². The molecule has 0 spiro atoms. The van der Waals surface area contributed by atoms with Crippen molar-refractivity contribution in [3.05, 3.63) is 58.7 Å². The van der Waals surface area contributed by atoms with Gasteiger partial charge in [0, 0.05) is 49.3 Å². The fourth-order valence-electron chi connectivity index (χ4n) is 7.54. The fourth-order valence-corrected chi connectivity index (χ4v) is 7.54. The van der Waals surface area contributed by atoms with E-state index in [1.165, 1.54) is 11.9 Å². The van der Waals surface area contributed by atoms with E-state index >= 15 is 0 Å². The number of fused-ring (bicyclic) bond motifs is 1. The molecule has 8 nitrogen and oxygen atoms in total. The zero-order chi connectivity index (χ0) is 35.3. The van der Waals surface area contributed by atoms with Gasteiger partial charge in [-0.05, 0) is 92.7 Å². The van der Waals surface area contributed by atoms with Crippen LogP contribution in [0.25, 0.3) is 10.9 Å². The Morgan fingerprint density at radius 3 is 2.33 bits per heavy atom. The first-order valence-electron chi connectivity index (χ1n) is 16.3. The number of hydrogen-bond donors (Lipinski definition) is 1. The van der Waals surface area contributed by atoms with Crippen LogP contribution in [0.3, 0.4) is 0 Å². The Hall–Kier alpha value is -3.82. The second kappa shape index (κ2) is 13.1. The molecule has 1 N–H and O–H groups in total. The average molecular weight is 700 g/mol. The van der Waals surface area contributed by atoms with Crippen LogP contribution in [-0.4, -0.2) is 68.4 Å². The van der Waals surface area contributed by atoms with E-state index in [-0.39, 0.29) is 53.6 Å². The molecule has 2 fully saturated rings. The quantitative estimate of drug-likeness (QED) is 0.249. The Labute approximate surface area is 277 Å². The predicted octanol–water partition coefficient (Wildman–Crippen LogP) is 7.20. The van der Waals surface area contributed by atoms with Crippen LogP contribution in [0.4, 0.5) is 46.9 Å². The number of benzene rings is 1. The van der Waals surface area contributed by atoms with Crippen LogP contribution < -0.4 is 9.80 Å². The molecule has 6 rings (SSSR count). The Bertz CT molecular complexity index is 1740. The molecular formula is C33H37F8N7O. The minimum atomic E-state index is -5.02. The third-order valence-electron chi connectivity index (χ3n) is 10.1. The lowest BCUT2D eigenvalue weighted by molar-refractivity contribution is -0.201. The Morgan fingerprint density at radius 1 is 0.980 bits per heavy atom. The summed E-state index contributed by atoms with van der Waals surface area (Å²) in [6.07, 6.45) is -4.53. The number of tetrazole rings is 1. The van der Waals surface area contributed by atoms with Crippen LogP contribution in [-0.2, 0) is 13.6 Å². The van der Waals surface area contributed by atoms with Crippen molar-refractivity contribution in [3.8, 4) is 0 Å². The van der Waals surface area contributed by atoms with Gasteiger partial charge in [0.05, 0.1) is 23.6 Å². The normalized spacial score (nSPS) is 25.1. The molecule has 3 aliphatic rings. The summed E-state index contributed by atoms with van der Waals surface area (Å²) in [5.41, 5.74) is -3.64. The van der Waals surface area contributed by atoms with Gasteiger partial charge in [-0.25, -0.2) is 13.8 Å². The topological polar surface area (TPSA) is 83.2 Å². The summed E-state index contributed by atoms with van der Waals surface area (Å²) < 4.78 is 113. The zero-order valence-electron chi connectivity index (χ0n) is 27.0. The number of alkyl halides is 6. The summed E-state index contributed by atoms with van der Waals surface area (Å²) in [5.74, 6) is -1.21. The first-order chi connectivity index (χ1) is 23.0. The van der Waals surface area contributed by atoms with Crippen LogP contribution in [0, 0.1) is 28.9 Å². The van der Waals surface area contributed by atoms with E-state index in [1.54, 1.807) is 6.07 Å². The molecule has 16 heteroatoms. The second-order valence-corrected chi connectivity index (χ2v) is 13.7. The molecule has 1 aliphatic heterocycles. The monoisotopic (exact) mass is 699 g/mol. The Morgan fingerprint density at radius 2 is 1.69 bits per heavy atom. The molecule has 0 bridgehead atoms. The molecule has 2 aliphatic carbocycles. The number of nitrogens with zero attached hydrogens (tertiary/aromatic N) is 7. The van der Waals surface area contributed by atoms with Crippen molar-refractivity contribution in [2.45, 2.75) is 76.8 Å². The lowest BCUT2D eigenvalue weighted by Gasteiger charge is -2.38. The van der Waals surface area contributed by atoms with E-state index in [1.807, 2.05) is 0 Å². The van der Waals surface area contributed by atoms with Gasteiger partial charge in [0.25, 0.3) is 5.95 Å². The lowest BCUT2D eigenvalue weighted by atomic mass is 9.76. The molecule has 2 aromatic heterocycles. The van der Waals surface area contributed by atoms with Gasteiger partial charge in [-0.3, -0.25) is 0 Å². The van der Waals surface area contributed by atoms with Crippen molar-refractivity contribution < 1.29 is 40.2 Å². The standard InChI is InChI=1S/C33H37F8N7O/c1-31(33(39,40)41)14-20(10-24(15-31)32(36,37)38)16-47(30-43-45-46(2)44-30)17-23-11-22-12-25(34)26(35)13-27(22)42-29(23)48-9-3-4-28(48)21-7-5-19(18-49)6-8-21/h10-13,15,19,21,28,49H,3-9,14,16-18H2,1-2H3/t19-,21-,28-,31?/m1/s1. The summed E-state index contributed by atoms with van der Waals surface area (Å²) >= 11 is 0. The van der Waals surface area contributed by atoms with E-state index in [4.69, 9.17) is 4.98 Å². The van der Waals surface area contributed by atoms with Crippen molar-refractivity contribution >= 4 is 22.7 Å². The summed E-state index contributed by atoms with van der Waals surface area (Å²) in [6.45, 7) is 0.934. The molecule has 1 unspecified atom stereocenters. The summed E-state index contributed by atoms with van der Waals surface area (Å²) in [6, 6.07) is 3.70. The molecule has 1 saturated carbocycles.